The SMILES string of the molecule is CN(Cc1ccc(F)cc1)C(=O)COc1ncnc2ccccc12. The van der Waals surface area contributed by atoms with Crippen LogP contribution in [-0.4, -0.2) is 34.4 Å². The summed E-state index contributed by atoms with van der Waals surface area (Å²) in [4.78, 5) is 22.0. The van der Waals surface area contributed by atoms with Crippen LogP contribution in [0.2, 0.25) is 0 Å². The van der Waals surface area contributed by atoms with Crippen molar-refractivity contribution in [1.82, 2.24) is 14.9 Å². The first-order chi connectivity index (χ1) is 11.6. The minimum atomic E-state index is -0.299. The Morgan fingerprint density at radius 1 is 1.12 bits per heavy atom. The Morgan fingerprint density at radius 3 is 2.67 bits per heavy atom. The minimum Gasteiger partial charge on any atom is -0.467 e. The molecule has 1 aromatic heterocycles. The van der Waals surface area contributed by atoms with Gasteiger partial charge in [0.2, 0.25) is 5.88 Å². The smallest absolute Gasteiger partial charge is 0.260 e. The molecule has 0 bridgehead atoms. The van der Waals surface area contributed by atoms with Crippen LogP contribution >= 0.6 is 0 Å². The van der Waals surface area contributed by atoms with Crippen molar-refractivity contribution < 1.29 is 13.9 Å². The molecule has 1 heterocycles. The molecule has 3 rings (SSSR count). The van der Waals surface area contributed by atoms with Gasteiger partial charge in [0.25, 0.3) is 5.91 Å². The number of fused-ring (bicyclic) bond motifs is 1. The minimum absolute atomic E-state index is 0.126. The highest BCUT2D eigenvalue weighted by molar-refractivity contribution is 5.83. The van der Waals surface area contributed by atoms with Gasteiger partial charge in [0.05, 0.1) is 10.9 Å². The normalized spacial score (nSPS) is 10.6. The zero-order valence-corrected chi connectivity index (χ0v) is 13.1. The molecular weight excluding hydrogens is 309 g/mol. The monoisotopic (exact) mass is 325 g/mol. The van der Waals surface area contributed by atoms with E-state index < -0.39 is 0 Å². The molecule has 0 atom stereocenters. The average molecular weight is 325 g/mol. The predicted octanol–water partition coefficient (Wildman–Crippen LogP) is 2.81. The molecule has 0 N–H and O–H groups in total. The number of para-hydroxylation sites is 1. The Balaban J connectivity index is 1.63. The lowest BCUT2D eigenvalue weighted by Gasteiger charge is -2.17. The van der Waals surface area contributed by atoms with E-state index in [1.165, 1.54) is 23.4 Å². The van der Waals surface area contributed by atoms with Crippen LogP contribution in [-0.2, 0) is 11.3 Å². The van der Waals surface area contributed by atoms with Crippen molar-refractivity contribution in [2.45, 2.75) is 6.54 Å². The molecule has 2 aromatic carbocycles. The van der Waals surface area contributed by atoms with E-state index in [-0.39, 0.29) is 18.3 Å². The molecule has 0 aliphatic carbocycles. The van der Waals surface area contributed by atoms with E-state index in [2.05, 4.69) is 9.97 Å². The van der Waals surface area contributed by atoms with Gasteiger partial charge < -0.3 is 9.64 Å². The molecule has 3 aromatic rings. The fourth-order valence-electron chi connectivity index (χ4n) is 2.29. The van der Waals surface area contributed by atoms with Crippen LogP contribution in [0.15, 0.2) is 54.9 Å². The summed E-state index contributed by atoms with van der Waals surface area (Å²) in [6.07, 6.45) is 1.41. The number of benzene rings is 2. The van der Waals surface area contributed by atoms with Crippen LogP contribution in [0, 0.1) is 5.82 Å². The number of halogens is 1. The molecule has 0 spiro atoms. The number of nitrogens with zero attached hydrogens (tertiary/aromatic N) is 3. The molecular formula is C18H16FN3O2. The number of carbonyl (C=O) groups is 1. The van der Waals surface area contributed by atoms with Crippen LogP contribution in [0.1, 0.15) is 5.56 Å². The summed E-state index contributed by atoms with van der Waals surface area (Å²) in [6, 6.07) is 13.5. The number of rotatable bonds is 5. The van der Waals surface area contributed by atoms with Crippen LogP contribution in [0.3, 0.4) is 0 Å². The molecule has 0 radical (unpaired) electrons. The van der Waals surface area contributed by atoms with Crippen molar-refractivity contribution in [2.24, 2.45) is 0 Å². The number of likely N-dealkylation sites (N-methyl/N-ethyl adjacent to an activating group) is 1. The third kappa shape index (κ3) is 3.65. The number of hydrogen-bond acceptors (Lipinski definition) is 4. The van der Waals surface area contributed by atoms with Crippen molar-refractivity contribution in [2.75, 3.05) is 13.7 Å². The van der Waals surface area contributed by atoms with E-state index >= 15 is 0 Å². The molecule has 24 heavy (non-hydrogen) atoms. The van der Waals surface area contributed by atoms with Crippen LogP contribution in [0.4, 0.5) is 4.39 Å². The maximum atomic E-state index is 12.9. The summed E-state index contributed by atoms with van der Waals surface area (Å²) in [5.74, 6) is -0.113. The zero-order chi connectivity index (χ0) is 16.9. The Morgan fingerprint density at radius 2 is 1.88 bits per heavy atom. The van der Waals surface area contributed by atoms with Gasteiger partial charge in [-0.15, -0.1) is 0 Å². The average Bonchev–Trinajstić information content (AvgIpc) is 2.61. The maximum absolute atomic E-state index is 12.9. The van der Waals surface area contributed by atoms with Crippen LogP contribution in [0.5, 0.6) is 5.88 Å². The molecule has 0 unspecified atom stereocenters. The van der Waals surface area contributed by atoms with E-state index in [1.807, 2.05) is 24.3 Å². The number of carbonyl (C=O) groups excluding carboxylic acids is 1. The fourth-order valence-corrected chi connectivity index (χ4v) is 2.29. The number of hydrogen-bond donors (Lipinski definition) is 0. The second kappa shape index (κ2) is 7.04. The molecule has 6 heteroatoms. The summed E-state index contributed by atoms with van der Waals surface area (Å²) in [5.41, 5.74) is 1.61. The van der Waals surface area contributed by atoms with E-state index in [4.69, 9.17) is 4.74 Å². The Kier molecular flexibility index (Phi) is 4.65. The van der Waals surface area contributed by atoms with Crippen molar-refractivity contribution in [3.8, 4) is 5.88 Å². The van der Waals surface area contributed by atoms with Gasteiger partial charge in [0.15, 0.2) is 6.61 Å². The summed E-state index contributed by atoms with van der Waals surface area (Å²) in [5, 5.41) is 0.758. The van der Waals surface area contributed by atoms with Gasteiger partial charge in [-0.25, -0.2) is 14.4 Å². The first kappa shape index (κ1) is 15.9. The van der Waals surface area contributed by atoms with Gasteiger partial charge in [-0.3, -0.25) is 4.79 Å². The lowest BCUT2D eigenvalue weighted by molar-refractivity contribution is -0.132. The van der Waals surface area contributed by atoms with E-state index in [0.717, 1.165) is 16.5 Å². The second-order valence-electron chi connectivity index (χ2n) is 5.36. The predicted molar refractivity (Wildman–Crippen MR) is 87.9 cm³/mol. The van der Waals surface area contributed by atoms with Gasteiger partial charge in [-0.2, -0.15) is 0 Å². The quantitative estimate of drug-likeness (QED) is 0.724. The van der Waals surface area contributed by atoms with E-state index in [1.54, 1.807) is 19.2 Å². The second-order valence-corrected chi connectivity index (χ2v) is 5.36. The summed E-state index contributed by atoms with van der Waals surface area (Å²) < 4.78 is 18.5. The van der Waals surface area contributed by atoms with E-state index in [0.29, 0.717) is 12.4 Å². The van der Waals surface area contributed by atoms with Crippen molar-refractivity contribution >= 4 is 16.8 Å². The van der Waals surface area contributed by atoms with Crippen molar-refractivity contribution in [1.29, 1.82) is 0 Å². The largest absolute Gasteiger partial charge is 0.467 e. The summed E-state index contributed by atoms with van der Waals surface area (Å²) in [7, 11) is 1.67. The zero-order valence-electron chi connectivity index (χ0n) is 13.1. The van der Waals surface area contributed by atoms with Gasteiger partial charge in [0, 0.05) is 13.6 Å². The number of aromatic nitrogens is 2. The molecule has 0 saturated heterocycles. The lowest BCUT2D eigenvalue weighted by Crippen LogP contribution is -2.31. The fraction of sp³-hybridized carbons (Fsp3) is 0.167. The molecule has 0 aliphatic heterocycles. The highest BCUT2D eigenvalue weighted by Crippen LogP contribution is 2.20. The molecule has 122 valence electrons. The molecule has 1 amide bonds. The molecule has 5 nitrogen and oxygen atoms in total. The first-order valence-corrected chi connectivity index (χ1v) is 7.44. The molecule has 0 fully saturated rings. The molecule has 0 aliphatic rings. The molecule has 0 saturated carbocycles. The van der Waals surface area contributed by atoms with Gasteiger partial charge >= 0.3 is 0 Å². The number of ether oxygens (including phenoxy) is 1. The van der Waals surface area contributed by atoms with Crippen molar-refractivity contribution in [3.63, 3.8) is 0 Å². The van der Waals surface area contributed by atoms with Gasteiger partial charge in [0.1, 0.15) is 12.1 Å². The van der Waals surface area contributed by atoms with Crippen LogP contribution < -0.4 is 4.74 Å². The number of amides is 1. The third-order valence-electron chi connectivity index (χ3n) is 3.60. The van der Waals surface area contributed by atoms with Crippen molar-refractivity contribution in [3.05, 3.63) is 66.2 Å². The highest BCUT2D eigenvalue weighted by Gasteiger charge is 2.12. The summed E-state index contributed by atoms with van der Waals surface area (Å²) >= 11 is 0. The van der Waals surface area contributed by atoms with Crippen LogP contribution in [0.25, 0.3) is 10.9 Å². The Bertz CT molecular complexity index is 847. The lowest BCUT2D eigenvalue weighted by atomic mass is 10.2. The van der Waals surface area contributed by atoms with Gasteiger partial charge in [-0.1, -0.05) is 24.3 Å². The third-order valence-corrected chi connectivity index (χ3v) is 3.60. The topological polar surface area (TPSA) is 55.3 Å². The highest BCUT2D eigenvalue weighted by atomic mass is 19.1. The Hall–Kier alpha value is -3.02. The first-order valence-electron chi connectivity index (χ1n) is 7.44. The Labute approximate surface area is 138 Å². The van der Waals surface area contributed by atoms with Gasteiger partial charge in [-0.05, 0) is 29.8 Å². The standard InChI is InChI=1S/C18H16FN3O2/c1-22(10-13-6-8-14(19)9-7-13)17(23)11-24-18-15-4-2-3-5-16(15)20-12-21-18/h2-9,12H,10-11H2,1H3. The maximum Gasteiger partial charge on any atom is 0.260 e. The van der Waals surface area contributed by atoms with E-state index in [9.17, 15) is 9.18 Å². The summed E-state index contributed by atoms with van der Waals surface area (Å²) in [6.45, 7) is 0.256.